The summed E-state index contributed by atoms with van der Waals surface area (Å²) in [5.74, 6) is -1.20. The zero-order valence-corrected chi connectivity index (χ0v) is 33.0. The number of nitrogens with two attached hydrogens (primary N) is 1. The molecule has 0 radical (unpaired) electrons. The summed E-state index contributed by atoms with van der Waals surface area (Å²) in [5, 5.41) is 9.03. The Kier molecular flexibility index (Phi) is 18.3. The third-order valence-corrected chi connectivity index (χ3v) is 10.5. The van der Waals surface area contributed by atoms with Gasteiger partial charge in [-0.3, -0.25) is 24.1 Å². The van der Waals surface area contributed by atoms with Crippen LogP contribution in [0.2, 0.25) is 0 Å². The molecule has 4 amide bonds. The van der Waals surface area contributed by atoms with E-state index in [1.54, 1.807) is 26.2 Å². The smallest absolute Gasteiger partial charge is 0.242 e. The summed E-state index contributed by atoms with van der Waals surface area (Å²) in [7, 11) is 10.4. The minimum atomic E-state index is -0.585. The number of anilines is 1. The predicted molar refractivity (Wildman–Crippen MR) is 202 cm³/mol. The van der Waals surface area contributed by atoms with Gasteiger partial charge in [0.2, 0.25) is 23.6 Å². The first-order valence-electron chi connectivity index (χ1n) is 18.5. The van der Waals surface area contributed by atoms with Crippen molar-refractivity contribution in [3.05, 3.63) is 29.8 Å². The van der Waals surface area contributed by atoms with Crippen LogP contribution in [0.1, 0.15) is 65.9 Å². The summed E-state index contributed by atoms with van der Waals surface area (Å²) >= 11 is 0. The number of nitrogens with zero attached hydrogens (tertiary/aromatic N) is 3. The van der Waals surface area contributed by atoms with Crippen molar-refractivity contribution in [2.45, 2.75) is 103 Å². The molecule has 13 heteroatoms. The minimum absolute atomic E-state index is 0.0131. The average Bonchev–Trinajstić information content (AvgIpc) is 3.59. The topological polar surface area (TPSA) is 159 Å². The van der Waals surface area contributed by atoms with Crippen molar-refractivity contribution < 1.29 is 28.7 Å². The number of benzene rings is 1. The first-order chi connectivity index (χ1) is 24.1. The van der Waals surface area contributed by atoms with Crippen LogP contribution in [0.4, 0.5) is 5.69 Å². The lowest BCUT2D eigenvalue weighted by Crippen LogP contribution is -2.55. The highest BCUT2D eigenvalue weighted by atomic mass is 16.5. The molecule has 1 aliphatic heterocycles. The van der Waals surface area contributed by atoms with Gasteiger partial charge in [0.1, 0.15) is 0 Å². The van der Waals surface area contributed by atoms with Gasteiger partial charge in [-0.15, -0.1) is 0 Å². The molecule has 0 bridgehead atoms. The summed E-state index contributed by atoms with van der Waals surface area (Å²) in [6.07, 6.45) is 1.79. The van der Waals surface area contributed by atoms with Crippen molar-refractivity contribution in [2.75, 3.05) is 67.4 Å². The molecule has 1 aromatic carbocycles. The van der Waals surface area contributed by atoms with E-state index in [4.69, 9.17) is 15.2 Å². The molecule has 1 heterocycles. The van der Waals surface area contributed by atoms with E-state index in [2.05, 4.69) is 16.0 Å². The average molecular weight is 718 g/mol. The van der Waals surface area contributed by atoms with Crippen LogP contribution in [-0.2, 0) is 35.1 Å². The largest absolute Gasteiger partial charge is 0.388 e. The number of amides is 4. The Bertz CT molecular complexity index is 1240. The van der Waals surface area contributed by atoms with Crippen LogP contribution in [0.25, 0.3) is 0 Å². The van der Waals surface area contributed by atoms with Gasteiger partial charge in [0.05, 0.1) is 49.2 Å². The van der Waals surface area contributed by atoms with Gasteiger partial charge in [0.25, 0.3) is 0 Å². The molecule has 5 N–H and O–H groups in total. The maximum Gasteiger partial charge on any atom is 0.242 e. The summed E-state index contributed by atoms with van der Waals surface area (Å²) < 4.78 is 11.9. The molecule has 13 nitrogen and oxygen atoms in total. The Morgan fingerprint density at radius 3 is 2.16 bits per heavy atom. The van der Waals surface area contributed by atoms with E-state index in [9.17, 15) is 19.2 Å². The first-order valence-corrected chi connectivity index (χ1v) is 18.5. The zero-order chi connectivity index (χ0) is 38.4. The second-order valence-corrected chi connectivity index (χ2v) is 14.6. The molecular weight excluding hydrogens is 650 g/mol. The fourth-order valence-electron chi connectivity index (χ4n) is 7.47. The number of likely N-dealkylation sites (tertiary alicyclic amines) is 1. The molecule has 290 valence electrons. The number of methoxy groups -OCH3 is 2. The molecule has 1 unspecified atom stereocenters. The number of ether oxygens (including phenoxy) is 2. The highest BCUT2D eigenvalue weighted by Gasteiger charge is 2.42. The molecule has 0 spiro atoms. The van der Waals surface area contributed by atoms with Crippen molar-refractivity contribution in [3.63, 3.8) is 0 Å². The maximum atomic E-state index is 14.0. The number of hydrogen-bond acceptors (Lipinski definition) is 9. The fourth-order valence-corrected chi connectivity index (χ4v) is 7.47. The van der Waals surface area contributed by atoms with E-state index in [1.807, 2.05) is 89.8 Å². The van der Waals surface area contributed by atoms with Crippen molar-refractivity contribution in [2.24, 2.45) is 23.5 Å². The van der Waals surface area contributed by atoms with Gasteiger partial charge in [-0.2, -0.15) is 0 Å². The Morgan fingerprint density at radius 2 is 1.65 bits per heavy atom. The summed E-state index contributed by atoms with van der Waals surface area (Å²) in [4.78, 5) is 59.2. The van der Waals surface area contributed by atoms with Crippen molar-refractivity contribution in [1.29, 1.82) is 0 Å². The zero-order valence-electron chi connectivity index (χ0n) is 33.0. The van der Waals surface area contributed by atoms with E-state index in [0.717, 1.165) is 24.1 Å². The van der Waals surface area contributed by atoms with Crippen LogP contribution < -0.4 is 21.7 Å². The van der Waals surface area contributed by atoms with Crippen LogP contribution in [0.3, 0.4) is 0 Å². The van der Waals surface area contributed by atoms with E-state index >= 15 is 0 Å². The van der Waals surface area contributed by atoms with Crippen LogP contribution in [-0.4, -0.2) is 137 Å². The Morgan fingerprint density at radius 1 is 1.00 bits per heavy atom. The SMILES string of the molecule is CC[C@H](C)[C@@H]([C@@H](CC(=O)N1CCC[C@H]1[C@H](OC)[C@@H](C)C(=O)N[C@H](CN)Cc1ccc(NC)cc1)OC)N(C)C(=O)CNC(=O)C(C(C)C)N(C)C. The van der Waals surface area contributed by atoms with Gasteiger partial charge in [-0.05, 0) is 62.9 Å². The summed E-state index contributed by atoms with van der Waals surface area (Å²) in [6, 6.07) is 6.69. The highest BCUT2D eigenvalue weighted by Crippen LogP contribution is 2.29. The van der Waals surface area contributed by atoms with Crippen LogP contribution in [0, 0.1) is 17.8 Å². The van der Waals surface area contributed by atoms with Crippen LogP contribution >= 0.6 is 0 Å². The van der Waals surface area contributed by atoms with Gasteiger partial charge in [-0.1, -0.05) is 53.2 Å². The normalized spacial score (nSPS) is 18.8. The van der Waals surface area contributed by atoms with E-state index in [0.29, 0.717) is 19.4 Å². The lowest BCUT2D eigenvalue weighted by Gasteiger charge is -2.39. The molecule has 0 aliphatic carbocycles. The third-order valence-electron chi connectivity index (χ3n) is 10.5. The quantitative estimate of drug-likeness (QED) is 0.150. The number of rotatable bonds is 21. The maximum absolute atomic E-state index is 14.0. The summed E-state index contributed by atoms with van der Waals surface area (Å²) in [6.45, 7) is 10.5. The van der Waals surface area contributed by atoms with Gasteiger partial charge in [0, 0.05) is 53.1 Å². The second kappa shape index (κ2) is 21.3. The predicted octanol–water partition coefficient (Wildman–Crippen LogP) is 2.34. The number of hydrogen-bond donors (Lipinski definition) is 4. The molecular formula is C38H67N7O6. The highest BCUT2D eigenvalue weighted by molar-refractivity contribution is 5.87. The van der Waals surface area contributed by atoms with Gasteiger partial charge >= 0.3 is 0 Å². The molecule has 0 aromatic heterocycles. The third kappa shape index (κ3) is 12.2. The molecule has 51 heavy (non-hydrogen) atoms. The number of carbonyl (C=O) groups is 4. The van der Waals surface area contributed by atoms with Gasteiger partial charge < -0.3 is 41.0 Å². The lowest BCUT2D eigenvalue weighted by molar-refractivity contribution is -0.146. The van der Waals surface area contributed by atoms with E-state index < -0.39 is 24.2 Å². The molecule has 1 aromatic rings. The Labute approximate surface area is 306 Å². The van der Waals surface area contributed by atoms with Crippen LogP contribution in [0.5, 0.6) is 0 Å². The van der Waals surface area contributed by atoms with Crippen molar-refractivity contribution in [3.8, 4) is 0 Å². The number of likely N-dealkylation sites (N-methyl/N-ethyl adjacent to an activating group) is 2. The van der Waals surface area contributed by atoms with E-state index in [1.165, 1.54) is 0 Å². The monoisotopic (exact) mass is 718 g/mol. The van der Waals surface area contributed by atoms with Crippen LogP contribution in [0.15, 0.2) is 24.3 Å². The first kappa shape index (κ1) is 43.9. The fraction of sp³-hybridized carbons (Fsp3) is 0.737. The lowest BCUT2D eigenvalue weighted by atomic mass is 9.90. The number of carbonyl (C=O) groups excluding carboxylic acids is 4. The minimum Gasteiger partial charge on any atom is -0.388 e. The van der Waals surface area contributed by atoms with Gasteiger partial charge in [-0.25, -0.2) is 0 Å². The van der Waals surface area contributed by atoms with Crippen molar-refractivity contribution in [1.82, 2.24) is 25.3 Å². The van der Waals surface area contributed by atoms with Crippen molar-refractivity contribution >= 4 is 29.3 Å². The second-order valence-electron chi connectivity index (χ2n) is 14.6. The van der Waals surface area contributed by atoms with E-state index in [-0.39, 0.29) is 73.1 Å². The van der Waals surface area contributed by atoms with Gasteiger partial charge in [0.15, 0.2) is 0 Å². The molecule has 1 saturated heterocycles. The number of nitrogens with one attached hydrogen (secondary N) is 3. The Hall–Kier alpha value is -3.26. The summed E-state index contributed by atoms with van der Waals surface area (Å²) in [5.41, 5.74) is 8.14. The molecule has 2 rings (SSSR count). The molecule has 1 fully saturated rings. The molecule has 1 aliphatic rings. The Balaban J connectivity index is 2.14. The standard InChI is InChI=1S/C38H67N7O6/c1-12-25(4)35(44(9)33(47)23-41-38(49)34(24(2)3)43(7)8)31(50-10)21-32(46)45-19-13-14-30(45)36(51-11)26(5)37(48)42-29(22-39)20-27-15-17-28(40-6)18-16-27/h15-18,24-26,29-31,34-36,40H,12-14,19-23,39H2,1-11H3,(H,41,49)(H,42,48)/t25-,26+,29-,30-,31+,34?,35-,36+/m0/s1. The molecule has 0 saturated carbocycles. The molecule has 8 atom stereocenters.